The number of halogens is 1. The van der Waals surface area contributed by atoms with Gasteiger partial charge in [0, 0.05) is 11.9 Å². The van der Waals surface area contributed by atoms with E-state index in [0.717, 1.165) is 0 Å². The third-order valence-electron chi connectivity index (χ3n) is 0.551. The third kappa shape index (κ3) is 7.47. The third-order valence-corrected chi connectivity index (χ3v) is 0.815. The highest BCUT2D eigenvalue weighted by Gasteiger charge is 1.84. The molecule has 0 rings (SSSR count). The molecule has 2 nitrogen and oxygen atoms in total. The molecule has 0 saturated carbocycles. The maximum Gasteiger partial charge on any atom is 0.302 e. The van der Waals surface area contributed by atoms with Crippen LogP contribution in [-0.4, -0.2) is 12.6 Å². The summed E-state index contributed by atoms with van der Waals surface area (Å²) in [6, 6.07) is 0. The second-order valence-electron chi connectivity index (χ2n) is 1.28. The Balaban J connectivity index is 3.30. The first kappa shape index (κ1) is 8.47. The highest BCUT2D eigenvalue weighted by Crippen LogP contribution is 1.79. The fourth-order valence-corrected chi connectivity index (χ4v) is 0.439. The lowest BCUT2D eigenvalue weighted by Gasteiger charge is -1.90. The van der Waals surface area contributed by atoms with Gasteiger partial charge >= 0.3 is 5.97 Å². The van der Waals surface area contributed by atoms with Crippen molar-refractivity contribution >= 4 is 21.9 Å². The predicted molar refractivity (Wildman–Crippen MR) is 38.2 cm³/mol. The van der Waals surface area contributed by atoms with Crippen LogP contribution in [0.3, 0.4) is 0 Å². The summed E-state index contributed by atoms with van der Waals surface area (Å²) >= 11 is 3.01. The van der Waals surface area contributed by atoms with Crippen LogP contribution in [0, 0.1) is 0 Å². The summed E-state index contributed by atoms with van der Waals surface area (Å²) in [5.74, 6) is -0.275. The summed E-state index contributed by atoms with van der Waals surface area (Å²) in [4.78, 5) is 11.7. The number of esters is 1. The van der Waals surface area contributed by atoms with Crippen LogP contribution in [0.2, 0.25) is 0 Å². The zero-order chi connectivity index (χ0) is 7.11. The van der Waals surface area contributed by atoms with E-state index < -0.39 is 0 Å². The van der Waals surface area contributed by atoms with Gasteiger partial charge in [0.1, 0.15) is 6.61 Å². The molecule has 0 aromatic carbocycles. The van der Waals surface area contributed by atoms with Crippen molar-refractivity contribution in [1.29, 1.82) is 0 Å². The molecular formula is C6H7BrO2. The number of carbonyl (C=O) groups excluding carboxylic acids is 1. The lowest BCUT2D eigenvalue weighted by atomic mass is 10.6. The van der Waals surface area contributed by atoms with Crippen molar-refractivity contribution in [1.82, 2.24) is 0 Å². The van der Waals surface area contributed by atoms with Gasteiger partial charge in [0.2, 0.25) is 0 Å². The number of rotatable bonds is 2. The molecule has 0 heterocycles. The molecule has 0 aromatic rings. The van der Waals surface area contributed by atoms with Crippen LogP contribution in [0.5, 0.6) is 0 Å². The maximum atomic E-state index is 10.1. The van der Waals surface area contributed by atoms with Crippen LogP contribution in [0.1, 0.15) is 6.92 Å². The lowest BCUT2D eigenvalue weighted by molar-refractivity contribution is -0.139. The van der Waals surface area contributed by atoms with Crippen LogP contribution in [0.4, 0.5) is 0 Å². The number of carbonyl (C=O) groups is 1. The first-order valence-electron chi connectivity index (χ1n) is 2.40. The fourth-order valence-electron chi connectivity index (χ4n) is 0.252. The van der Waals surface area contributed by atoms with Crippen LogP contribution in [0.25, 0.3) is 0 Å². The molecule has 0 atom stereocenters. The Morgan fingerprint density at radius 3 is 3.00 bits per heavy atom. The van der Waals surface area contributed by atoms with Gasteiger partial charge in [-0.2, -0.15) is 0 Å². The molecule has 0 amide bonds. The predicted octanol–water partition coefficient (Wildman–Crippen LogP) is 1.61. The smallest absolute Gasteiger partial charge is 0.302 e. The molecule has 9 heavy (non-hydrogen) atoms. The zero-order valence-electron chi connectivity index (χ0n) is 5.06. The Bertz CT molecular complexity index is 145. The van der Waals surface area contributed by atoms with Gasteiger partial charge in [0.25, 0.3) is 0 Å². The minimum Gasteiger partial charge on any atom is -0.461 e. The summed E-state index contributed by atoms with van der Waals surface area (Å²) in [5, 5.41) is 0. The lowest BCUT2D eigenvalue weighted by Crippen LogP contribution is -1.96. The second-order valence-corrected chi connectivity index (χ2v) is 1.74. The van der Waals surface area contributed by atoms with Crippen molar-refractivity contribution in [2.75, 3.05) is 6.61 Å². The highest BCUT2D eigenvalue weighted by molar-refractivity contribution is 9.11. The van der Waals surface area contributed by atoms with Crippen LogP contribution in [-0.2, 0) is 9.53 Å². The van der Waals surface area contributed by atoms with Gasteiger partial charge in [-0.25, -0.2) is 0 Å². The van der Waals surface area contributed by atoms with E-state index in [1.54, 1.807) is 11.1 Å². The summed E-state index contributed by atoms with van der Waals surface area (Å²) in [6.07, 6.45) is 1.61. The van der Waals surface area contributed by atoms with Crippen molar-refractivity contribution < 1.29 is 9.53 Å². The topological polar surface area (TPSA) is 26.3 Å². The van der Waals surface area contributed by atoms with Gasteiger partial charge in [-0.15, -0.1) is 5.73 Å². The maximum absolute atomic E-state index is 10.1. The van der Waals surface area contributed by atoms with Crippen molar-refractivity contribution in [2.24, 2.45) is 0 Å². The fraction of sp³-hybridized carbons (Fsp3) is 0.333. The Kier molecular flexibility index (Phi) is 5.27. The second kappa shape index (κ2) is 5.60. The molecule has 3 heteroatoms. The van der Waals surface area contributed by atoms with Gasteiger partial charge in [0.05, 0.1) is 0 Å². The van der Waals surface area contributed by atoms with E-state index in [2.05, 4.69) is 26.4 Å². The minimum atomic E-state index is -0.275. The molecule has 0 aliphatic carbocycles. The van der Waals surface area contributed by atoms with E-state index in [1.807, 2.05) is 0 Å². The van der Waals surface area contributed by atoms with Gasteiger partial charge in [0.15, 0.2) is 0 Å². The summed E-state index contributed by atoms with van der Waals surface area (Å²) in [5.41, 5.74) is 2.69. The van der Waals surface area contributed by atoms with Crippen molar-refractivity contribution in [3.63, 3.8) is 0 Å². The number of ether oxygens (including phenoxy) is 1. The summed E-state index contributed by atoms with van der Waals surface area (Å²) in [6.45, 7) is 1.66. The van der Waals surface area contributed by atoms with E-state index in [-0.39, 0.29) is 12.6 Å². The molecule has 0 bridgehead atoms. The van der Waals surface area contributed by atoms with Crippen LogP contribution >= 0.6 is 15.9 Å². The van der Waals surface area contributed by atoms with Gasteiger partial charge < -0.3 is 4.74 Å². The highest BCUT2D eigenvalue weighted by atomic mass is 79.9. The quantitative estimate of drug-likeness (QED) is 0.489. The van der Waals surface area contributed by atoms with Gasteiger partial charge in [-0.05, 0) is 6.08 Å². The average molecular weight is 191 g/mol. The van der Waals surface area contributed by atoms with E-state index in [1.165, 1.54) is 6.92 Å². The Hall–Kier alpha value is -0.530. The van der Waals surface area contributed by atoms with Crippen LogP contribution < -0.4 is 0 Å². The molecule has 0 aliphatic heterocycles. The number of hydrogen-bond acceptors (Lipinski definition) is 2. The van der Waals surface area contributed by atoms with Gasteiger partial charge in [-0.3, -0.25) is 4.79 Å². The molecule has 0 aliphatic rings. The number of hydrogen-bond donors (Lipinski definition) is 0. The molecule has 50 valence electrons. The average Bonchev–Trinajstić information content (AvgIpc) is 1.80. The van der Waals surface area contributed by atoms with Gasteiger partial charge in [-0.1, -0.05) is 15.9 Å². The normalized spacial score (nSPS) is 7.33. The van der Waals surface area contributed by atoms with E-state index in [9.17, 15) is 4.79 Å². The molecule has 0 saturated heterocycles. The van der Waals surface area contributed by atoms with Crippen molar-refractivity contribution in [3.8, 4) is 0 Å². The zero-order valence-corrected chi connectivity index (χ0v) is 6.64. The standard InChI is InChI=1S/C6H7BrO2/c1-6(8)9-5-3-2-4-7/h3-4H,5H2,1H3. The Labute approximate surface area is 62.3 Å². The minimum absolute atomic E-state index is 0.275. The molecule has 0 aromatic heterocycles. The van der Waals surface area contributed by atoms with E-state index >= 15 is 0 Å². The molecule has 0 fully saturated rings. The SMILES string of the molecule is CC(=O)OCC=C=CBr. The first-order valence-corrected chi connectivity index (χ1v) is 3.32. The Morgan fingerprint density at radius 2 is 2.56 bits per heavy atom. The molecule has 0 spiro atoms. The van der Waals surface area contributed by atoms with Crippen LogP contribution in [0.15, 0.2) is 16.8 Å². The summed E-state index contributed by atoms with van der Waals surface area (Å²) < 4.78 is 4.55. The Morgan fingerprint density at radius 1 is 1.89 bits per heavy atom. The monoisotopic (exact) mass is 190 g/mol. The first-order chi connectivity index (χ1) is 4.27. The largest absolute Gasteiger partial charge is 0.461 e. The molecule has 0 radical (unpaired) electrons. The van der Waals surface area contributed by atoms with Crippen molar-refractivity contribution in [2.45, 2.75) is 6.92 Å². The molecule has 0 N–H and O–H groups in total. The van der Waals surface area contributed by atoms with E-state index in [4.69, 9.17) is 0 Å². The molecular weight excluding hydrogens is 184 g/mol. The summed E-state index contributed by atoms with van der Waals surface area (Å²) in [7, 11) is 0. The molecule has 0 unspecified atom stereocenters. The van der Waals surface area contributed by atoms with Crippen molar-refractivity contribution in [3.05, 3.63) is 16.8 Å². The van der Waals surface area contributed by atoms with E-state index in [0.29, 0.717) is 0 Å².